The van der Waals surface area contributed by atoms with Crippen molar-refractivity contribution in [1.82, 2.24) is 9.62 Å². The lowest BCUT2D eigenvalue weighted by atomic mass is 10.1. The Hall–Kier alpha value is -0.130. The van der Waals surface area contributed by atoms with Gasteiger partial charge >= 0.3 is 0 Å². The minimum atomic E-state index is -3.03. The van der Waals surface area contributed by atoms with E-state index in [1.54, 1.807) is 6.92 Å². The molecule has 1 aliphatic rings. The number of sulfonamides is 1. The molecule has 0 saturated carbocycles. The standard InChI is InChI=1S/C12H26N2O2S/c1-3-12-8-6-5-7-10-14(12)11-9-13-17(15,16)4-2/h12-13H,3-11H2,1-2H3/t12-/m0/s1. The van der Waals surface area contributed by atoms with Gasteiger partial charge < -0.3 is 0 Å². The van der Waals surface area contributed by atoms with Gasteiger partial charge in [0.05, 0.1) is 5.75 Å². The van der Waals surface area contributed by atoms with Gasteiger partial charge in [0.1, 0.15) is 0 Å². The van der Waals surface area contributed by atoms with Crippen molar-refractivity contribution in [2.75, 3.05) is 25.4 Å². The molecule has 0 spiro atoms. The van der Waals surface area contributed by atoms with Gasteiger partial charge in [-0.3, -0.25) is 4.90 Å². The monoisotopic (exact) mass is 262 g/mol. The van der Waals surface area contributed by atoms with E-state index in [0.29, 0.717) is 12.6 Å². The highest BCUT2D eigenvalue weighted by Gasteiger charge is 2.19. The summed E-state index contributed by atoms with van der Waals surface area (Å²) >= 11 is 0. The van der Waals surface area contributed by atoms with Gasteiger partial charge in [0.15, 0.2) is 0 Å². The normalized spacial score (nSPS) is 23.5. The van der Waals surface area contributed by atoms with Crippen molar-refractivity contribution in [3.05, 3.63) is 0 Å². The second-order valence-electron chi connectivity index (χ2n) is 4.75. The molecule has 0 aromatic heterocycles. The van der Waals surface area contributed by atoms with Crippen molar-refractivity contribution >= 4 is 10.0 Å². The minimum absolute atomic E-state index is 0.171. The summed E-state index contributed by atoms with van der Waals surface area (Å²) in [5.41, 5.74) is 0. The highest BCUT2D eigenvalue weighted by atomic mass is 32.2. The number of rotatable bonds is 6. The number of nitrogens with one attached hydrogen (secondary N) is 1. The molecule has 0 amide bonds. The van der Waals surface area contributed by atoms with Crippen LogP contribution in [0.1, 0.15) is 46.0 Å². The number of likely N-dealkylation sites (tertiary alicyclic amines) is 1. The molecule has 17 heavy (non-hydrogen) atoms. The zero-order valence-electron chi connectivity index (χ0n) is 11.1. The Morgan fingerprint density at radius 2 is 2.00 bits per heavy atom. The molecule has 0 unspecified atom stereocenters. The van der Waals surface area contributed by atoms with Crippen molar-refractivity contribution in [1.29, 1.82) is 0 Å². The molecule has 1 N–H and O–H groups in total. The molecule has 0 radical (unpaired) electrons. The molecule has 102 valence electrons. The van der Waals surface area contributed by atoms with E-state index in [0.717, 1.165) is 13.1 Å². The zero-order chi connectivity index (χ0) is 12.7. The van der Waals surface area contributed by atoms with E-state index in [4.69, 9.17) is 0 Å². The predicted molar refractivity (Wildman–Crippen MR) is 71.6 cm³/mol. The Labute approximate surface area is 106 Å². The highest BCUT2D eigenvalue weighted by Crippen LogP contribution is 2.18. The van der Waals surface area contributed by atoms with Gasteiger partial charge in [0, 0.05) is 19.1 Å². The van der Waals surface area contributed by atoms with E-state index in [9.17, 15) is 8.42 Å². The molecule has 4 nitrogen and oxygen atoms in total. The molecule has 0 aromatic rings. The van der Waals surface area contributed by atoms with Crippen molar-refractivity contribution in [2.45, 2.75) is 52.0 Å². The van der Waals surface area contributed by atoms with Crippen LogP contribution in [0.2, 0.25) is 0 Å². The van der Waals surface area contributed by atoms with Gasteiger partial charge in [-0.05, 0) is 32.7 Å². The second kappa shape index (κ2) is 7.34. The van der Waals surface area contributed by atoms with Crippen LogP contribution in [0.25, 0.3) is 0 Å². The summed E-state index contributed by atoms with van der Waals surface area (Å²) in [5, 5.41) is 0. The smallest absolute Gasteiger partial charge is 0.211 e. The Morgan fingerprint density at radius 3 is 2.65 bits per heavy atom. The summed E-state index contributed by atoms with van der Waals surface area (Å²) in [6.07, 6.45) is 6.30. The van der Waals surface area contributed by atoms with Crippen molar-refractivity contribution < 1.29 is 8.42 Å². The molecular weight excluding hydrogens is 236 g/mol. The summed E-state index contributed by atoms with van der Waals surface area (Å²) < 4.78 is 25.3. The lowest BCUT2D eigenvalue weighted by Crippen LogP contribution is -2.40. The number of hydrogen-bond acceptors (Lipinski definition) is 3. The maximum Gasteiger partial charge on any atom is 0.211 e. The average molecular weight is 262 g/mol. The van der Waals surface area contributed by atoms with Crippen LogP contribution in [-0.4, -0.2) is 44.7 Å². The fourth-order valence-corrected chi connectivity index (χ4v) is 3.05. The van der Waals surface area contributed by atoms with E-state index < -0.39 is 10.0 Å². The molecular formula is C12H26N2O2S. The van der Waals surface area contributed by atoms with Gasteiger partial charge in [0.25, 0.3) is 0 Å². The fourth-order valence-electron chi connectivity index (χ4n) is 2.44. The third-order valence-electron chi connectivity index (χ3n) is 3.57. The molecule has 1 fully saturated rings. The molecule has 0 aliphatic carbocycles. The predicted octanol–water partition coefficient (Wildman–Crippen LogP) is 1.58. The van der Waals surface area contributed by atoms with Crippen LogP contribution in [0.4, 0.5) is 0 Å². The van der Waals surface area contributed by atoms with Crippen LogP contribution >= 0.6 is 0 Å². The Bertz CT molecular complexity index is 304. The van der Waals surface area contributed by atoms with E-state index in [2.05, 4.69) is 16.5 Å². The third-order valence-corrected chi connectivity index (χ3v) is 4.98. The lowest BCUT2D eigenvalue weighted by molar-refractivity contribution is 0.198. The molecule has 5 heteroatoms. The highest BCUT2D eigenvalue weighted by molar-refractivity contribution is 7.89. The molecule has 1 aliphatic heterocycles. The number of hydrogen-bond donors (Lipinski definition) is 1. The topological polar surface area (TPSA) is 49.4 Å². The second-order valence-corrected chi connectivity index (χ2v) is 6.84. The van der Waals surface area contributed by atoms with Gasteiger partial charge in [-0.1, -0.05) is 19.8 Å². The first-order valence-corrected chi connectivity index (χ1v) is 8.45. The fraction of sp³-hybridized carbons (Fsp3) is 1.00. The van der Waals surface area contributed by atoms with Gasteiger partial charge in [-0.15, -0.1) is 0 Å². The first kappa shape index (κ1) is 14.9. The quantitative estimate of drug-likeness (QED) is 0.790. The Kier molecular flexibility index (Phi) is 6.44. The van der Waals surface area contributed by atoms with Crippen LogP contribution in [-0.2, 0) is 10.0 Å². The molecule has 1 saturated heterocycles. The van der Waals surface area contributed by atoms with Gasteiger partial charge in [-0.2, -0.15) is 0 Å². The third kappa shape index (κ3) is 5.36. The summed E-state index contributed by atoms with van der Waals surface area (Å²) in [6.45, 7) is 6.40. The van der Waals surface area contributed by atoms with Crippen molar-refractivity contribution in [2.24, 2.45) is 0 Å². The van der Waals surface area contributed by atoms with Gasteiger partial charge in [-0.25, -0.2) is 13.1 Å². The Morgan fingerprint density at radius 1 is 1.24 bits per heavy atom. The van der Waals surface area contributed by atoms with Crippen molar-refractivity contribution in [3.63, 3.8) is 0 Å². The molecule has 0 aromatic carbocycles. The average Bonchev–Trinajstić information content (AvgIpc) is 2.54. The van der Waals surface area contributed by atoms with Crippen LogP contribution in [0.15, 0.2) is 0 Å². The zero-order valence-corrected chi connectivity index (χ0v) is 11.9. The first-order valence-electron chi connectivity index (χ1n) is 6.80. The minimum Gasteiger partial charge on any atom is -0.299 e. The van der Waals surface area contributed by atoms with Gasteiger partial charge in [0.2, 0.25) is 10.0 Å². The van der Waals surface area contributed by atoms with Crippen LogP contribution in [0.5, 0.6) is 0 Å². The largest absolute Gasteiger partial charge is 0.299 e. The summed E-state index contributed by atoms with van der Waals surface area (Å²) in [7, 11) is -3.03. The summed E-state index contributed by atoms with van der Waals surface area (Å²) in [5.74, 6) is 0.171. The molecule has 1 atom stereocenters. The van der Waals surface area contributed by atoms with Crippen LogP contribution in [0.3, 0.4) is 0 Å². The van der Waals surface area contributed by atoms with E-state index in [1.165, 1.54) is 32.1 Å². The number of nitrogens with zero attached hydrogens (tertiary/aromatic N) is 1. The first-order chi connectivity index (χ1) is 8.09. The van der Waals surface area contributed by atoms with Crippen LogP contribution < -0.4 is 4.72 Å². The SMILES string of the molecule is CC[C@H]1CCCCCN1CCNS(=O)(=O)CC. The van der Waals surface area contributed by atoms with E-state index in [1.807, 2.05) is 0 Å². The van der Waals surface area contributed by atoms with E-state index >= 15 is 0 Å². The summed E-state index contributed by atoms with van der Waals surface area (Å²) in [4.78, 5) is 2.45. The molecule has 1 heterocycles. The Balaban J connectivity index is 2.37. The maximum atomic E-state index is 11.3. The van der Waals surface area contributed by atoms with Crippen LogP contribution in [0, 0.1) is 0 Å². The van der Waals surface area contributed by atoms with Crippen molar-refractivity contribution in [3.8, 4) is 0 Å². The maximum absolute atomic E-state index is 11.3. The van der Waals surface area contributed by atoms with E-state index in [-0.39, 0.29) is 5.75 Å². The molecule has 0 bridgehead atoms. The molecule has 1 rings (SSSR count). The summed E-state index contributed by atoms with van der Waals surface area (Å²) in [6, 6.07) is 0.642. The lowest BCUT2D eigenvalue weighted by Gasteiger charge is -2.29.